The molecule has 0 spiro atoms. The van der Waals surface area contributed by atoms with Crippen LogP contribution < -0.4 is 0 Å². The average molecular weight is 180 g/mol. The fourth-order valence-corrected chi connectivity index (χ4v) is 0.866. The van der Waals surface area contributed by atoms with Gasteiger partial charge in [-0.2, -0.15) is 0 Å². The van der Waals surface area contributed by atoms with Crippen LogP contribution in [-0.4, -0.2) is 30.1 Å². The van der Waals surface area contributed by atoms with E-state index in [1.807, 2.05) is 0 Å². The summed E-state index contributed by atoms with van der Waals surface area (Å²) in [5, 5.41) is 7.84. The van der Waals surface area contributed by atoms with Crippen molar-refractivity contribution in [3.63, 3.8) is 0 Å². The predicted octanol–water partition coefficient (Wildman–Crippen LogP) is -0.0546. The number of nitrogens with one attached hydrogen (secondary N) is 1. The number of aromatic nitrogens is 6. The minimum absolute atomic E-state index is 0.436. The molecule has 0 saturated carbocycles. The number of thiol groups is 1. The summed E-state index contributed by atoms with van der Waals surface area (Å²) in [6.45, 7) is 0. The number of hydrogen-bond donors (Lipinski definition) is 2. The summed E-state index contributed by atoms with van der Waals surface area (Å²) in [6.07, 6.45) is 2.78. The molecule has 2 aromatic heterocycles. The highest BCUT2D eigenvalue weighted by Crippen LogP contribution is 2.07. The van der Waals surface area contributed by atoms with E-state index in [4.69, 9.17) is 0 Å². The maximum atomic E-state index is 3.96. The summed E-state index contributed by atoms with van der Waals surface area (Å²) in [5.41, 5.74) is 0. The van der Waals surface area contributed by atoms with E-state index in [1.165, 1.54) is 12.7 Å². The van der Waals surface area contributed by atoms with Crippen molar-refractivity contribution < 1.29 is 0 Å². The molecule has 7 heteroatoms. The Kier molecular flexibility index (Phi) is 1.71. The first-order chi connectivity index (χ1) is 5.86. The number of aromatic amines is 1. The first-order valence-corrected chi connectivity index (χ1v) is 3.55. The van der Waals surface area contributed by atoms with Gasteiger partial charge in [-0.05, 0) is 0 Å². The lowest BCUT2D eigenvalue weighted by Gasteiger charge is -1.89. The van der Waals surface area contributed by atoms with Crippen molar-refractivity contribution in [3.8, 4) is 11.6 Å². The van der Waals surface area contributed by atoms with Gasteiger partial charge in [0.25, 0.3) is 0 Å². The smallest absolute Gasteiger partial charge is 0.200 e. The monoisotopic (exact) mass is 180 g/mol. The van der Waals surface area contributed by atoms with Crippen LogP contribution in [0, 0.1) is 0 Å². The van der Waals surface area contributed by atoms with Crippen LogP contribution in [0.2, 0.25) is 0 Å². The first kappa shape index (κ1) is 7.17. The second-order valence-electron chi connectivity index (χ2n) is 1.96. The third-order valence-corrected chi connectivity index (χ3v) is 1.38. The van der Waals surface area contributed by atoms with E-state index < -0.39 is 0 Å². The molecule has 2 heterocycles. The molecule has 0 aliphatic rings. The molecule has 1 N–H and O–H groups in total. The second kappa shape index (κ2) is 2.86. The van der Waals surface area contributed by atoms with Crippen molar-refractivity contribution in [2.75, 3.05) is 0 Å². The highest BCUT2D eigenvalue weighted by Gasteiger charge is 2.04. The van der Waals surface area contributed by atoms with E-state index in [2.05, 4.69) is 42.8 Å². The van der Waals surface area contributed by atoms with Crippen molar-refractivity contribution in [3.05, 3.63) is 12.7 Å². The molecule has 0 aliphatic carbocycles. The Hall–Kier alpha value is -1.50. The van der Waals surface area contributed by atoms with Crippen LogP contribution in [0.5, 0.6) is 0 Å². The van der Waals surface area contributed by atoms with Crippen LogP contribution in [0.15, 0.2) is 17.8 Å². The number of H-pyrrole nitrogens is 1. The van der Waals surface area contributed by atoms with Crippen LogP contribution in [0.1, 0.15) is 0 Å². The van der Waals surface area contributed by atoms with Gasteiger partial charge in [0, 0.05) is 0 Å². The Morgan fingerprint density at radius 1 is 1.17 bits per heavy atom. The number of rotatable bonds is 1. The summed E-state index contributed by atoms with van der Waals surface area (Å²) in [5.74, 6) is 0.945. The van der Waals surface area contributed by atoms with Gasteiger partial charge in [-0.3, -0.25) is 0 Å². The maximum Gasteiger partial charge on any atom is 0.200 e. The fraction of sp³-hybridized carbons (Fsp3) is 0. The van der Waals surface area contributed by atoms with Crippen molar-refractivity contribution in [1.82, 2.24) is 30.1 Å². The molecular formula is C5H4N6S. The topological polar surface area (TPSA) is 80.2 Å². The van der Waals surface area contributed by atoms with E-state index in [-0.39, 0.29) is 0 Å². The van der Waals surface area contributed by atoms with E-state index in [0.717, 1.165) is 0 Å². The van der Waals surface area contributed by atoms with Gasteiger partial charge >= 0.3 is 0 Å². The van der Waals surface area contributed by atoms with E-state index in [0.29, 0.717) is 16.8 Å². The van der Waals surface area contributed by atoms with Gasteiger partial charge in [0.1, 0.15) is 12.7 Å². The van der Waals surface area contributed by atoms with Crippen molar-refractivity contribution in [2.45, 2.75) is 5.16 Å². The maximum absolute atomic E-state index is 3.96. The second-order valence-corrected chi connectivity index (χ2v) is 2.38. The summed E-state index contributed by atoms with van der Waals surface area (Å²) in [7, 11) is 0. The normalized spacial score (nSPS) is 10.1. The molecule has 2 rings (SSSR count). The van der Waals surface area contributed by atoms with Crippen LogP contribution in [0.25, 0.3) is 11.6 Å². The predicted molar refractivity (Wildman–Crippen MR) is 42.5 cm³/mol. The SMILES string of the molecule is Sc1nnc(-c2ncncn2)[nH]1. The molecule has 0 aromatic carbocycles. The molecule has 0 unspecified atom stereocenters. The Balaban J connectivity index is 2.45. The molecular weight excluding hydrogens is 176 g/mol. The van der Waals surface area contributed by atoms with Crippen LogP contribution in [-0.2, 0) is 0 Å². The zero-order valence-corrected chi connectivity index (χ0v) is 6.73. The van der Waals surface area contributed by atoms with Gasteiger partial charge in [-0.15, -0.1) is 22.8 Å². The molecule has 60 valence electrons. The zero-order chi connectivity index (χ0) is 8.39. The summed E-state index contributed by atoms with van der Waals surface area (Å²) < 4.78 is 0. The Morgan fingerprint density at radius 2 is 1.92 bits per heavy atom. The molecule has 0 aliphatic heterocycles. The minimum atomic E-state index is 0.436. The Bertz CT molecular complexity index is 370. The third kappa shape index (κ3) is 1.26. The summed E-state index contributed by atoms with van der Waals surface area (Å²) >= 11 is 3.96. The fourth-order valence-electron chi connectivity index (χ4n) is 0.715. The highest BCUT2D eigenvalue weighted by molar-refractivity contribution is 7.80. The van der Waals surface area contributed by atoms with Crippen molar-refractivity contribution in [1.29, 1.82) is 0 Å². The minimum Gasteiger partial charge on any atom is -0.313 e. The van der Waals surface area contributed by atoms with Gasteiger partial charge in [-0.25, -0.2) is 15.0 Å². The standard InChI is InChI=1S/C5H4N6S/c12-5-9-4(10-11-5)3-7-1-6-2-8-3/h1-2H,(H2,9,10,11,12). The number of hydrogen-bond acceptors (Lipinski definition) is 6. The van der Waals surface area contributed by atoms with E-state index in [1.54, 1.807) is 0 Å². The third-order valence-electron chi connectivity index (χ3n) is 1.18. The Labute approximate surface area is 72.9 Å². The van der Waals surface area contributed by atoms with Crippen LogP contribution in [0.4, 0.5) is 0 Å². The summed E-state index contributed by atoms with van der Waals surface area (Å²) in [6, 6.07) is 0. The molecule has 2 aromatic rings. The van der Waals surface area contributed by atoms with Gasteiger partial charge in [0.05, 0.1) is 0 Å². The lowest BCUT2D eigenvalue weighted by atomic mass is 10.6. The molecule has 0 bridgehead atoms. The molecule has 0 fully saturated rings. The van der Waals surface area contributed by atoms with E-state index in [9.17, 15) is 0 Å². The lowest BCUT2D eigenvalue weighted by Crippen LogP contribution is -1.90. The quantitative estimate of drug-likeness (QED) is 0.601. The van der Waals surface area contributed by atoms with Crippen molar-refractivity contribution >= 4 is 12.6 Å². The first-order valence-electron chi connectivity index (χ1n) is 3.10. The molecule has 12 heavy (non-hydrogen) atoms. The van der Waals surface area contributed by atoms with Crippen molar-refractivity contribution in [2.24, 2.45) is 0 Å². The van der Waals surface area contributed by atoms with E-state index >= 15 is 0 Å². The Morgan fingerprint density at radius 3 is 2.50 bits per heavy atom. The lowest BCUT2D eigenvalue weighted by molar-refractivity contribution is 0.977. The molecule has 0 saturated heterocycles. The molecule has 6 nitrogen and oxygen atoms in total. The number of nitrogens with zero attached hydrogens (tertiary/aromatic N) is 5. The largest absolute Gasteiger partial charge is 0.313 e. The molecule has 0 atom stereocenters. The van der Waals surface area contributed by atoms with Gasteiger partial charge in [-0.1, -0.05) is 0 Å². The van der Waals surface area contributed by atoms with Gasteiger partial charge in [0.15, 0.2) is 11.0 Å². The van der Waals surface area contributed by atoms with Gasteiger partial charge < -0.3 is 4.98 Å². The summed E-state index contributed by atoms with van der Waals surface area (Å²) in [4.78, 5) is 14.2. The zero-order valence-electron chi connectivity index (χ0n) is 5.84. The van der Waals surface area contributed by atoms with Gasteiger partial charge in [0.2, 0.25) is 5.82 Å². The average Bonchev–Trinajstić information content (AvgIpc) is 2.54. The highest BCUT2D eigenvalue weighted by atomic mass is 32.1. The molecule has 0 amide bonds. The molecule has 0 radical (unpaired) electrons. The van der Waals surface area contributed by atoms with Crippen LogP contribution in [0.3, 0.4) is 0 Å². The van der Waals surface area contributed by atoms with Crippen LogP contribution >= 0.6 is 12.6 Å².